The van der Waals surface area contributed by atoms with Crippen LogP contribution in [0.4, 0.5) is 5.69 Å². The third kappa shape index (κ3) is 1.56. The first kappa shape index (κ1) is 9.64. The van der Waals surface area contributed by atoms with Crippen molar-refractivity contribution in [2.75, 3.05) is 5.73 Å². The molecule has 0 fully saturated rings. The minimum Gasteiger partial charge on any atom is -0.396 e. The maximum atomic E-state index is 5.54. The summed E-state index contributed by atoms with van der Waals surface area (Å²) in [6.07, 6.45) is 3.21. The van der Waals surface area contributed by atoms with Crippen LogP contribution in [0.2, 0.25) is 0 Å². The van der Waals surface area contributed by atoms with Crippen molar-refractivity contribution in [1.82, 2.24) is 19.7 Å². The van der Waals surface area contributed by atoms with Gasteiger partial charge in [-0.2, -0.15) is 5.10 Å². The first-order valence-corrected chi connectivity index (χ1v) is 4.67. The van der Waals surface area contributed by atoms with Crippen molar-refractivity contribution in [2.45, 2.75) is 13.8 Å². The molecule has 78 valence electrons. The molecule has 0 aliphatic carbocycles. The van der Waals surface area contributed by atoms with Gasteiger partial charge in [0.1, 0.15) is 0 Å². The molecular weight excluding hydrogens is 190 g/mol. The topological polar surface area (TPSA) is 69.6 Å². The van der Waals surface area contributed by atoms with E-state index in [-0.39, 0.29) is 0 Å². The lowest BCUT2D eigenvalue weighted by Gasteiger charge is -2.00. The van der Waals surface area contributed by atoms with Crippen molar-refractivity contribution < 1.29 is 0 Å². The van der Waals surface area contributed by atoms with E-state index in [9.17, 15) is 0 Å². The Hall–Kier alpha value is -1.91. The highest BCUT2D eigenvalue weighted by Gasteiger charge is 2.13. The van der Waals surface area contributed by atoms with Gasteiger partial charge in [0.25, 0.3) is 0 Å². The molecule has 2 aromatic heterocycles. The van der Waals surface area contributed by atoms with Gasteiger partial charge in [0.2, 0.25) is 0 Å². The van der Waals surface area contributed by atoms with E-state index in [0.29, 0.717) is 11.5 Å². The Labute approximate surface area is 88.0 Å². The third-order valence-electron chi connectivity index (χ3n) is 2.40. The Morgan fingerprint density at radius 2 is 1.80 bits per heavy atom. The maximum Gasteiger partial charge on any atom is 0.162 e. The molecule has 2 aromatic rings. The molecule has 0 radical (unpaired) electrons. The average molecular weight is 203 g/mol. The van der Waals surface area contributed by atoms with Crippen molar-refractivity contribution in [1.29, 1.82) is 0 Å². The van der Waals surface area contributed by atoms with Gasteiger partial charge in [0.15, 0.2) is 5.82 Å². The second-order valence-electron chi connectivity index (χ2n) is 3.51. The lowest BCUT2D eigenvalue weighted by molar-refractivity contribution is 0.731. The van der Waals surface area contributed by atoms with E-state index in [1.807, 2.05) is 25.6 Å². The van der Waals surface area contributed by atoms with E-state index in [1.165, 1.54) is 0 Å². The minimum absolute atomic E-state index is 0.568. The van der Waals surface area contributed by atoms with Crippen LogP contribution in [0, 0.1) is 13.8 Å². The van der Waals surface area contributed by atoms with Gasteiger partial charge in [0, 0.05) is 12.7 Å². The number of aryl methyl sites for hydroxylation is 2. The quantitative estimate of drug-likeness (QED) is 0.752. The maximum absolute atomic E-state index is 5.54. The second kappa shape index (κ2) is 3.34. The van der Waals surface area contributed by atoms with Crippen molar-refractivity contribution in [2.24, 2.45) is 7.05 Å². The number of hydrogen-bond donors (Lipinski definition) is 1. The van der Waals surface area contributed by atoms with Crippen molar-refractivity contribution >= 4 is 5.69 Å². The van der Waals surface area contributed by atoms with Crippen LogP contribution in [0.5, 0.6) is 0 Å². The molecule has 0 bridgehead atoms. The third-order valence-corrected chi connectivity index (χ3v) is 2.40. The minimum atomic E-state index is 0.568. The van der Waals surface area contributed by atoms with Crippen molar-refractivity contribution in [3.8, 4) is 11.4 Å². The normalized spacial score (nSPS) is 10.6. The fourth-order valence-electron chi connectivity index (χ4n) is 1.56. The van der Waals surface area contributed by atoms with Gasteiger partial charge in [-0.25, -0.2) is 9.97 Å². The van der Waals surface area contributed by atoms with Crippen LogP contribution in [-0.2, 0) is 7.05 Å². The molecule has 0 spiro atoms. The average Bonchev–Trinajstić information content (AvgIpc) is 2.44. The highest BCUT2D eigenvalue weighted by Crippen LogP contribution is 2.22. The summed E-state index contributed by atoms with van der Waals surface area (Å²) < 4.78 is 1.82. The largest absolute Gasteiger partial charge is 0.396 e. The highest BCUT2D eigenvalue weighted by molar-refractivity contribution is 5.61. The highest BCUT2D eigenvalue weighted by atomic mass is 15.3. The first-order valence-electron chi connectivity index (χ1n) is 4.67. The molecule has 0 aliphatic rings. The van der Waals surface area contributed by atoms with Gasteiger partial charge in [-0.1, -0.05) is 0 Å². The van der Waals surface area contributed by atoms with Gasteiger partial charge in [-0.3, -0.25) is 4.68 Å². The fraction of sp³-hybridized carbons (Fsp3) is 0.300. The summed E-state index contributed by atoms with van der Waals surface area (Å²) >= 11 is 0. The standard InChI is InChI=1S/C10H13N5/c1-6-9(7(2)15(3)14-6)10-12-4-8(11)5-13-10/h4-5H,11H2,1-3H3. The predicted molar refractivity (Wildman–Crippen MR) is 58.1 cm³/mol. The Bertz CT molecular complexity index is 483. The van der Waals surface area contributed by atoms with Crippen LogP contribution in [0.1, 0.15) is 11.4 Å². The van der Waals surface area contributed by atoms with Crippen LogP contribution in [-0.4, -0.2) is 19.7 Å². The van der Waals surface area contributed by atoms with Crippen molar-refractivity contribution in [3.05, 3.63) is 23.8 Å². The summed E-state index contributed by atoms with van der Waals surface area (Å²) in [5.41, 5.74) is 9.07. The molecule has 15 heavy (non-hydrogen) atoms. The first-order chi connectivity index (χ1) is 7.09. The molecule has 2 rings (SSSR count). The molecule has 5 nitrogen and oxygen atoms in total. The van der Waals surface area contributed by atoms with Gasteiger partial charge >= 0.3 is 0 Å². The van der Waals surface area contributed by atoms with Gasteiger partial charge in [-0.05, 0) is 13.8 Å². The number of nitrogen functional groups attached to an aromatic ring is 1. The number of nitrogens with two attached hydrogens (primary N) is 1. The number of aromatic nitrogens is 4. The van der Waals surface area contributed by atoms with Gasteiger partial charge in [-0.15, -0.1) is 0 Å². The Morgan fingerprint density at radius 1 is 1.20 bits per heavy atom. The van der Waals surface area contributed by atoms with Gasteiger partial charge in [0.05, 0.1) is 29.3 Å². The zero-order valence-electron chi connectivity index (χ0n) is 9.02. The van der Waals surface area contributed by atoms with Crippen LogP contribution in [0.3, 0.4) is 0 Å². The molecule has 0 aromatic carbocycles. The van der Waals surface area contributed by atoms with Crippen LogP contribution < -0.4 is 5.73 Å². The number of rotatable bonds is 1. The Kier molecular flexibility index (Phi) is 2.15. The molecule has 2 N–H and O–H groups in total. The summed E-state index contributed by atoms with van der Waals surface area (Å²) in [6, 6.07) is 0. The monoisotopic (exact) mass is 203 g/mol. The summed E-state index contributed by atoms with van der Waals surface area (Å²) in [5, 5.41) is 4.31. The van der Waals surface area contributed by atoms with E-state index >= 15 is 0 Å². The second-order valence-corrected chi connectivity index (χ2v) is 3.51. The molecule has 2 heterocycles. The Morgan fingerprint density at radius 3 is 2.27 bits per heavy atom. The zero-order chi connectivity index (χ0) is 11.0. The van der Waals surface area contributed by atoms with E-state index < -0.39 is 0 Å². The lowest BCUT2D eigenvalue weighted by Crippen LogP contribution is -1.95. The van der Waals surface area contributed by atoms with Crippen molar-refractivity contribution in [3.63, 3.8) is 0 Å². The Balaban J connectivity index is 2.58. The molecule has 0 saturated heterocycles. The predicted octanol–water partition coefficient (Wildman–Crippen LogP) is 1.08. The summed E-state index contributed by atoms with van der Waals surface area (Å²) in [6.45, 7) is 3.94. The molecular formula is C10H13N5. The number of hydrogen-bond acceptors (Lipinski definition) is 4. The molecule has 0 saturated carbocycles. The summed E-state index contributed by atoms with van der Waals surface area (Å²) in [7, 11) is 1.91. The van der Waals surface area contributed by atoms with Crippen LogP contribution in [0.25, 0.3) is 11.4 Å². The van der Waals surface area contributed by atoms with E-state index in [1.54, 1.807) is 12.4 Å². The molecule has 0 unspecified atom stereocenters. The number of anilines is 1. The molecule has 5 heteroatoms. The summed E-state index contributed by atoms with van der Waals surface area (Å²) in [5.74, 6) is 0.673. The summed E-state index contributed by atoms with van der Waals surface area (Å²) in [4.78, 5) is 8.39. The molecule has 0 aliphatic heterocycles. The van der Waals surface area contributed by atoms with E-state index in [2.05, 4.69) is 15.1 Å². The fourth-order valence-corrected chi connectivity index (χ4v) is 1.56. The van der Waals surface area contributed by atoms with E-state index in [4.69, 9.17) is 5.73 Å². The lowest BCUT2D eigenvalue weighted by atomic mass is 10.2. The van der Waals surface area contributed by atoms with Crippen LogP contribution >= 0.6 is 0 Å². The molecule has 0 amide bonds. The van der Waals surface area contributed by atoms with Crippen LogP contribution in [0.15, 0.2) is 12.4 Å². The zero-order valence-corrected chi connectivity index (χ0v) is 9.02. The number of nitrogens with zero attached hydrogens (tertiary/aromatic N) is 4. The molecule has 0 atom stereocenters. The van der Waals surface area contributed by atoms with E-state index in [0.717, 1.165) is 17.0 Å². The SMILES string of the molecule is Cc1nn(C)c(C)c1-c1ncc(N)cn1. The smallest absolute Gasteiger partial charge is 0.162 e. The van der Waals surface area contributed by atoms with Gasteiger partial charge < -0.3 is 5.73 Å².